The maximum absolute atomic E-state index is 13.6. The molecule has 1 fully saturated rings. The van der Waals surface area contributed by atoms with Gasteiger partial charge in [-0.15, -0.1) is 0 Å². The molecule has 3 atom stereocenters. The number of halogens is 2. The number of hydrogen-bond donors (Lipinski definition) is 4. The van der Waals surface area contributed by atoms with Crippen LogP contribution in [-0.4, -0.2) is 29.4 Å². The van der Waals surface area contributed by atoms with Crippen LogP contribution in [-0.2, 0) is 5.66 Å². The van der Waals surface area contributed by atoms with E-state index in [1.807, 2.05) is 39.8 Å². The fourth-order valence-electron chi connectivity index (χ4n) is 4.17. The number of nitrogens with one attached hydrogen (secondary N) is 3. The average molecular weight is 556 g/mol. The Morgan fingerprint density at radius 2 is 2.08 bits per heavy atom. The molecular weight excluding hydrogens is 515 g/mol. The Labute approximate surface area is 233 Å². The molecular formula is C29H40F2N7P. The molecule has 4 rings (SSSR count). The van der Waals surface area contributed by atoms with E-state index in [1.165, 1.54) is 42.1 Å². The highest BCUT2D eigenvalue weighted by molar-refractivity contribution is 7.17. The minimum Gasteiger partial charge on any atom is -0.378 e. The van der Waals surface area contributed by atoms with Crippen molar-refractivity contribution in [1.29, 1.82) is 0 Å². The van der Waals surface area contributed by atoms with Gasteiger partial charge in [-0.3, -0.25) is 0 Å². The van der Waals surface area contributed by atoms with Crippen molar-refractivity contribution in [2.45, 2.75) is 64.7 Å². The number of hydrazine groups is 1. The number of guanidine groups is 1. The van der Waals surface area contributed by atoms with Gasteiger partial charge in [0.1, 0.15) is 0 Å². The molecule has 39 heavy (non-hydrogen) atoms. The average Bonchev–Trinajstić information content (AvgIpc) is 2.87. The van der Waals surface area contributed by atoms with E-state index in [2.05, 4.69) is 44.8 Å². The van der Waals surface area contributed by atoms with E-state index in [0.717, 1.165) is 17.0 Å². The second-order valence-electron chi connectivity index (χ2n) is 9.46. The maximum atomic E-state index is 13.6. The van der Waals surface area contributed by atoms with E-state index in [4.69, 9.17) is 5.84 Å². The van der Waals surface area contributed by atoms with Crippen LogP contribution in [0.2, 0.25) is 0 Å². The molecule has 1 aromatic carbocycles. The number of nitrogens with two attached hydrogens (primary N) is 1. The van der Waals surface area contributed by atoms with Gasteiger partial charge in [-0.1, -0.05) is 72.0 Å². The molecule has 0 amide bonds. The number of anilines is 1. The number of alkyl halides is 2. The van der Waals surface area contributed by atoms with Crippen LogP contribution < -0.4 is 21.8 Å². The van der Waals surface area contributed by atoms with Crippen molar-refractivity contribution in [3.05, 3.63) is 89.5 Å². The molecule has 2 aliphatic heterocycles. The third kappa shape index (κ3) is 8.35. The highest BCUT2D eigenvalue weighted by atomic mass is 31.0. The van der Waals surface area contributed by atoms with E-state index < -0.39 is 5.66 Å². The van der Waals surface area contributed by atoms with Gasteiger partial charge in [-0.25, -0.2) is 10.8 Å². The molecule has 0 spiro atoms. The predicted octanol–water partition coefficient (Wildman–Crippen LogP) is 6.11. The zero-order chi connectivity index (χ0) is 28.6. The molecule has 2 heterocycles. The lowest BCUT2D eigenvalue weighted by atomic mass is 9.80. The van der Waals surface area contributed by atoms with Crippen LogP contribution in [0.1, 0.15) is 52.5 Å². The van der Waals surface area contributed by atoms with Crippen molar-refractivity contribution in [1.82, 2.24) is 15.8 Å². The summed E-state index contributed by atoms with van der Waals surface area (Å²) in [5.41, 5.74) is 1.48. The normalized spacial score (nSPS) is 21.3. The number of allylic oxidation sites excluding steroid dienone is 4. The van der Waals surface area contributed by atoms with Gasteiger partial charge in [0.15, 0.2) is 0 Å². The Kier molecular flexibility index (Phi) is 10.6. The summed E-state index contributed by atoms with van der Waals surface area (Å²) in [6.45, 7) is 12.2. The molecule has 0 bridgehead atoms. The topological polar surface area (TPSA) is 90.1 Å². The summed E-state index contributed by atoms with van der Waals surface area (Å²) in [4.78, 5) is 4.66. The predicted molar refractivity (Wildman–Crippen MR) is 162 cm³/mol. The fourth-order valence-corrected chi connectivity index (χ4v) is 4.35. The van der Waals surface area contributed by atoms with Crippen molar-refractivity contribution in [3.63, 3.8) is 0 Å². The first kappa shape index (κ1) is 30.3. The van der Waals surface area contributed by atoms with Gasteiger partial charge in [-0.05, 0) is 56.4 Å². The Bertz CT molecular complexity index is 1210. The third-order valence-electron chi connectivity index (χ3n) is 6.62. The molecule has 10 heteroatoms. The van der Waals surface area contributed by atoms with Gasteiger partial charge in [0.25, 0.3) is 5.66 Å². The molecule has 1 aromatic rings. The van der Waals surface area contributed by atoms with Crippen molar-refractivity contribution < 1.29 is 8.78 Å². The number of benzene rings is 1. The molecule has 5 N–H and O–H groups in total. The van der Waals surface area contributed by atoms with Gasteiger partial charge in [0, 0.05) is 23.1 Å². The quantitative estimate of drug-likeness (QED) is 0.102. The van der Waals surface area contributed by atoms with E-state index in [1.54, 1.807) is 33.8 Å². The summed E-state index contributed by atoms with van der Waals surface area (Å²) < 4.78 is 27.1. The first-order chi connectivity index (χ1) is 18.6. The SMILES string of the molecule is C=C(/C=C\C1=C(C)NC(N(N)/N=C/C2C=CC(Nc3cccc(C(F)(F)P)c3)=CN2)=NC1C)C1CCC1.CC. The minimum atomic E-state index is -2.98. The van der Waals surface area contributed by atoms with E-state index >= 15 is 0 Å². The van der Waals surface area contributed by atoms with Gasteiger partial charge >= 0.3 is 0 Å². The molecule has 0 aromatic heterocycles. The second kappa shape index (κ2) is 13.7. The van der Waals surface area contributed by atoms with Crippen LogP contribution in [0.15, 0.2) is 94.0 Å². The first-order valence-electron chi connectivity index (χ1n) is 13.3. The van der Waals surface area contributed by atoms with Gasteiger partial charge in [0.05, 0.1) is 24.0 Å². The van der Waals surface area contributed by atoms with E-state index in [-0.39, 0.29) is 17.6 Å². The highest BCUT2D eigenvalue weighted by Gasteiger charge is 2.24. The van der Waals surface area contributed by atoms with Crippen LogP contribution in [0.25, 0.3) is 0 Å². The van der Waals surface area contributed by atoms with Crippen LogP contribution in [0, 0.1) is 5.92 Å². The minimum absolute atomic E-state index is 0.0723. The van der Waals surface area contributed by atoms with Crippen molar-refractivity contribution in [2.75, 3.05) is 5.32 Å². The molecule has 7 nitrogen and oxygen atoms in total. The van der Waals surface area contributed by atoms with Gasteiger partial charge < -0.3 is 16.0 Å². The van der Waals surface area contributed by atoms with Gasteiger partial charge in [0.2, 0.25) is 5.96 Å². The molecule has 210 valence electrons. The highest BCUT2D eigenvalue weighted by Crippen LogP contribution is 2.36. The summed E-state index contributed by atoms with van der Waals surface area (Å²) in [7, 11) is 1.55. The summed E-state index contributed by atoms with van der Waals surface area (Å²) >= 11 is 0. The summed E-state index contributed by atoms with van der Waals surface area (Å²) in [5, 5.41) is 15.1. The molecule has 0 saturated heterocycles. The maximum Gasteiger partial charge on any atom is 0.283 e. The summed E-state index contributed by atoms with van der Waals surface area (Å²) in [6, 6.07) is 5.86. The fraction of sp³-hybridized carbons (Fsp3) is 0.379. The molecule has 1 aliphatic carbocycles. The van der Waals surface area contributed by atoms with E-state index in [9.17, 15) is 8.78 Å². The lowest BCUT2D eigenvalue weighted by Gasteiger charge is -2.27. The lowest BCUT2D eigenvalue weighted by molar-refractivity contribution is 0.104. The van der Waals surface area contributed by atoms with Crippen molar-refractivity contribution >= 4 is 27.1 Å². The monoisotopic (exact) mass is 555 g/mol. The van der Waals surface area contributed by atoms with Crippen molar-refractivity contribution in [3.8, 4) is 0 Å². The zero-order valence-corrected chi connectivity index (χ0v) is 24.2. The summed E-state index contributed by atoms with van der Waals surface area (Å²) in [6.07, 6.45) is 15.1. The molecule has 1 saturated carbocycles. The Hall–Kier alpha value is -3.29. The van der Waals surface area contributed by atoms with Gasteiger partial charge in [-0.2, -0.15) is 19.0 Å². The number of hydrazone groups is 1. The first-order valence-corrected chi connectivity index (χ1v) is 13.9. The van der Waals surface area contributed by atoms with Crippen LogP contribution in [0.4, 0.5) is 14.5 Å². The third-order valence-corrected chi connectivity index (χ3v) is 6.96. The largest absolute Gasteiger partial charge is 0.378 e. The summed E-state index contributed by atoms with van der Waals surface area (Å²) in [5.74, 6) is 7.22. The van der Waals surface area contributed by atoms with Crippen LogP contribution >= 0.6 is 9.24 Å². The standard InChI is InChI=1S/C27H34F2N7P.C2H6/c1-17(20-6-4-7-20)10-13-25-18(2)33-26(34-19(25)3)36(30)32-16-23-11-12-24(15-31-23)35-22-9-5-8-21(14-22)27(28,29)37;1-2/h5,8-16,18,20,23,31,35H,1,4,6-7,30,37H2,2-3H3,(H,33,34);1-2H3/b13-10-,32-16+;. The van der Waals surface area contributed by atoms with Crippen LogP contribution in [0.5, 0.6) is 0 Å². The lowest BCUT2D eigenvalue weighted by Crippen LogP contribution is -2.45. The Morgan fingerprint density at radius 3 is 2.67 bits per heavy atom. The van der Waals surface area contributed by atoms with Crippen molar-refractivity contribution in [2.24, 2.45) is 21.9 Å². The molecule has 3 unspecified atom stereocenters. The van der Waals surface area contributed by atoms with E-state index in [0.29, 0.717) is 17.6 Å². The zero-order valence-electron chi connectivity index (χ0n) is 23.1. The number of nitrogens with zero attached hydrogens (tertiary/aromatic N) is 3. The molecule has 0 radical (unpaired) electrons. The van der Waals surface area contributed by atoms with Crippen LogP contribution in [0.3, 0.4) is 0 Å². The smallest absolute Gasteiger partial charge is 0.283 e. The Balaban J connectivity index is 0.00000205. The second-order valence-corrected chi connectivity index (χ2v) is 10.2. The number of rotatable bonds is 8. The molecule has 3 aliphatic rings. The number of dihydropyridines is 1. The number of aliphatic imine (C=N–C) groups is 1. The number of hydrogen-bond acceptors (Lipinski definition) is 7. The Morgan fingerprint density at radius 1 is 1.33 bits per heavy atom.